The van der Waals surface area contributed by atoms with Crippen molar-refractivity contribution >= 4 is 32.0 Å². The molecule has 0 aliphatic carbocycles. The molecule has 2 N–H and O–H groups in total. The lowest BCUT2D eigenvalue weighted by Gasteiger charge is -2.12. The van der Waals surface area contributed by atoms with Gasteiger partial charge >= 0.3 is 5.76 Å². The summed E-state index contributed by atoms with van der Waals surface area (Å²) >= 11 is 0. The Balaban J connectivity index is 1.59. The van der Waals surface area contributed by atoms with Crippen LogP contribution < -0.4 is 10.5 Å². The second kappa shape index (κ2) is 6.62. The first-order chi connectivity index (χ1) is 13.3. The van der Waals surface area contributed by atoms with Crippen LogP contribution in [-0.4, -0.2) is 29.2 Å². The molecular weight excluding hydrogens is 382 g/mol. The van der Waals surface area contributed by atoms with E-state index in [4.69, 9.17) is 4.42 Å². The summed E-state index contributed by atoms with van der Waals surface area (Å²) in [5, 5.41) is 11.4. The smallest absolute Gasteiger partial charge is 0.408 e. The predicted molar refractivity (Wildman–Crippen MR) is 105 cm³/mol. The Morgan fingerprint density at radius 3 is 2.68 bits per heavy atom. The van der Waals surface area contributed by atoms with Gasteiger partial charge in [0.1, 0.15) is 0 Å². The average molecular weight is 401 g/mol. The highest BCUT2D eigenvalue weighted by Gasteiger charge is 2.20. The van der Waals surface area contributed by atoms with Crippen molar-refractivity contribution in [3.8, 4) is 0 Å². The summed E-state index contributed by atoms with van der Waals surface area (Å²) < 4.78 is 35.9. The predicted octanol–water partition coefficient (Wildman–Crippen LogP) is 1.64. The van der Waals surface area contributed by atoms with Crippen molar-refractivity contribution in [2.75, 3.05) is 6.54 Å². The van der Waals surface area contributed by atoms with Crippen LogP contribution in [0.25, 0.3) is 22.0 Å². The van der Waals surface area contributed by atoms with E-state index in [1.807, 2.05) is 35.9 Å². The van der Waals surface area contributed by atoms with Crippen LogP contribution in [0.1, 0.15) is 11.7 Å². The SMILES string of the molecule is Cn1cc([C@H](O)CNS(=O)(=O)c2ccc3oc(=O)n(C)c3c2)c2ccccc21. The quantitative estimate of drug-likeness (QED) is 0.529. The second-order valence-electron chi connectivity index (χ2n) is 6.64. The van der Waals surface area contributed by atoms with E-state index in [2.05, 4.69) is 4.72 Å². The minimum Gasteiger partial charge on any atom is -0.408 e. The van der Waals surface area contributed by atoms with Gasteiger partial charge in [0, 0.05) is 43.3 Å². The van der Waals surface area contributed by atoms with Crippen molar-refractivity contribution in [1.29, 1.82) is 0 Å². The number of benzene rings is 2. The molecule has 0 spiro atoms. The van der Waals surface area contributed by atoms with E-state index in [1.54, 1.807) is 6.20 Å². The molecule has 0 aliphatic heterocycles. The Morgan fingerprint density at radius 1 is 1.14 bits per heavy atom. The molecule has 2 aromatic carbocycles. The molecule has 2 aromatic heterocycles. The van der Waals surface area contributed by atoms with E-state index >= 15 is 0 Å². The second-order valence-corrected chi connectivity index (χ2v) is 8.40. The minimum absolute atomic E-state index is 0.0125. The van der Waals surface area contributed by atoms with Gasteiger partial charge in [0.25, 0.3) is 0 Å². The molecule has 0 radical (unpaired) electrons. The molecule has 9 heteroatoms. The van der Waals surface area contributed by atoms with E-state index in [9.17, 15) is 18.3 Å². The van der Waals surface area contributed by atoms with Gasteiger partial charge in [0.15, 0.2) is 5.58 Å². The van der Waals surface area contributed by atoms with Crippen LogP contribution in [0.15, 0.2) is 62.8 Å². The van der Waals surface area contributed by atoms with Crippen LogP contribution in [0, 0.1) is 0 Å². The Kier molecular flexibility index (Phi) is 4.37. The number of hydrogen-bond acceptors (Lipinski definition) is 5. The average Bonchev–Trinajstić information content (AvgIpc) is 3.17. The first kappa shape index (κ1) is 18.5. The van der Waals surface area contributed by atoms with Crippen molar-refractivity contribution < 1.29 is 17.9 Å². The maximum absolute atomic E-state index is 12.7. The molecule has 0 saturated carbocycles. The molecule has 8 nitrogen and oxygen atoms in total. The van der Waals surface area contributed by atoms with Gasteiger partial charge in [-0.05, 0) is 24.3 Å². The van der Waals surface area contributed by atoms with Gasteiger partial charge in [0.2, 0.25) is 10.0 Å². The summed E-state index contributed by atoms with van der Waals surface area (Å²) in [4.78, 5) is 11.6. The topological polar surface area (TPSA) is 106 Å². The monoisotopic (exact) mass is 401 g/mol. The van der Waals surface area contributed by atoms with Gasteiger partial charge in [-0.15, -0.1) is 0 Å². The van der Waals surface area contributed by atoms with Crippen LogP contribution in [0.2, 0.25) is 0 Å². The van der Waals surface area contributed by atoms with Gasteiger partial charge in [-0.2, -0.15) is 0 Å². The van der Waals surface area contributed by atoms with E-state index in [1.165, 1.54) is 29.8 Å². The number of aliphatic hydroxyl groups is 1. The van der Waals surface area contributed by atoms with Crippen molar-refractivity contribution in [2.24, 2.45) is 14.1 Å². The number of para-hydroxylation sites is 1. The minimum atomic E-state index is -3.88. The van der Waals surface area contributed by atoms with Crippen LogP contribution in [0.4, 0.5) is 0 Å². The lowest BCUT2D eigenvalue weighted by atomic mass is 10.1. The zero-order valence-electron chi connectivity index (χ0n) is 15.3. The number of aryl methyl sites for hydroxylation is 2. The van der Waals surface area contributed by atoms with E-state index in [0.29, 0.717) is 16.7 Å². The lowest BCUT2D eigenvalue weighted by Crippen LogP contribution is -2.28. The third kappa shape index (κ3) is 3.03. The zero-order valence-corrected chi connectivity index (χ0v) is 16.1. The van der Waals surface area contributed by atoms with Gasteiger partial charge in [0.05, 0.1) is 16.5 Å². The molecule has 4 rings (SSSR count). The maximum atomic E-state index is 12.7. The van der Waals surface area contributed by atoms with Gasteiger partial charge in [-0.1, -0.05) is 18.2 Å². The number of nitrogens with one attached hydrogen (secondary N) is 1. The standard InChI is InChI=1S/C19H19N3O5S/c1-21-11-14(13-5-3-4-6-15(13)21)17(23)10-20-28(25,26)12-7-8-18-16(9-12)22(2)19(24)27-18/h3-9,11,17,20,23H,10H2,1-2H3/t17-/m1/s1. The molecule has 2 heterocycles. The fraction of sp³-hybridized carbons (Fsp3) is 0.211. The van der Waals surface area contributed by atoms with Gasteiger partial charge < -0.3 is 14.1 Å². The molecule has 146 valence electrons. The summed E-state index contributed by atoms with van der Waals surface area (Å²) in [6.07, 6.45) is 0.777. The molecule has 4 aromatic rings. The molecule has 0 bridgehead atoms. The Morgan fingerprint density at radius 2 is 1.89 bits per heavy atom. The highest BCUT2D eigenvalue weighted by molar-refractivity contribution is 7.89. The summed E-state index contributed by atoms with van der Waals surface area (Å²) in [6.45, 7) is -0.182. The number of rotatable bonds is 5. The molecule has 28 heavy (non-hydrogen) atoms. The number of nitrogens with zero attached hydrogens (tertiary/aromatic N) is 2. The maximum Gasteiger partial charge on any atom is 0.419 e. The first-order valence-corrected chi connectivity index (χ1v) is 10.1. The van der Waals surface area contributed by atoms with Crippen LogP contribution in [0.3, 0.4) is 0 Å². The number of sulfonamides is 1. The molecular formula is C19H19N3O5S. The van der Waals surface area contributed by atoms with Crippen LogP contribution in [-0.2, 0) is 24.1 Å². The van der Waals surface area contributed by atoms with Gasteiger partial charge in [-0.25, -0.2) is 17.9 Å². The van der Waals surface area contributed by atoms with Crippen molar-refractivity contribution in [1.82, 2.24) is 13.9 Å². The van der Waals surface area contributed by atoms with Crippen molar-refractivity contribution in [2.45, 2.75) is 11.0 Å². The number of aliphatic hydroxyl groups excluding tert-OH is 1. The fourth-order valence-electron chi connectivity index (χ4n) is 3.29. The first-order valence-electron chi connectivity index (χ1n) is 8.59. The molecule has 0 saturated heterocycles. The fourth-order valence-corrected chi connectivity index (χ4v) is 4.35. The van der Waals surface area contributed by atoms with Gasteiger partial charge in [-0.3, -0.25) is 4.57 Å². The number of aromatic nitrogens is 2. The summed E-state index contributed by atoms with van der Waals surface area (Å²) in [5.74, 6) is -0.566. The normalized spacial score (nSPS) is 13.4. The third-order valence-electron chi connectivity index (χ3n) is 4.83. The Bertz CT molecular complexity index is 1350. The van der Waals surface area contributed by atoms with Crippen molar-refractivity contribution in [3.05, 3.63) is 64.8 Å². The number of oxazole rings is 1. The van der Waals surface area contributed by atoms with Crippen molar-refractivity contribution in [3.63, 3.8) is 0 Å². The molecule has 0 aliphatic rings. The largest absolute Gasteiger partial charge is 0.419 e. The highest BCUT2D eigenvalue weighted by atomic mass is 32.2. The molecule has 1 atom stereocenters. The summed E-state index contributed by atoms with van der Waals surface area (Å²) in [5.41, 5.74) is 2.28. The Hall–Kier alpha value is -2.88. The zero-order chi connectivity index (χ0) is 20.1. The molecule has 0 fully saturated rings. The summed E-state index contributed by atoms with van der Waals surface area (Å²) in [6, 6.07) is 11.8. The van der Waals surface area contributed by atoms with E-state index in [-0.39, 0.29) is 11.4 Å². The van der Waals surface area contributed by atoms with Crippen LogP contribution in [0.5, 0.6) is 0 Å². The molecule has 0 unspecified atom stereocenters. The van der Waals surface area contributed by atoms with Crippen LogP contribution >= 0.6 is 0 Å². The summed E-state index contributed by atoms with van der Waals surface area (Å²) in [7, 11) is -0.512. The third-order valence-corrected chi connectivity index (χ3v) is 6.25. The number of fused-ring (bicyclic) bond motifs is 2. The highest BCUT2D eigenvalue weighted by Crippen LogP contribution is 2.26. The molecule has 0 amide bonds. The number of hydrogen-bond donors (Lipinski definition) is 2. The lowest BCUT2D eigenvalue weighted by molar-refractivity contribution is 0.183. The Labute approximate surface area is 160 Å². The van der Waals surface area contributed by atoms with E-state index < -0.39 is 21.9 Å². The van der Waals surface area contributed by atoms with E-state index in [0.717, 1.165) is 10.9 Å².